The number of carbonyl (C=O) groups excluding carboxylic acids is 1. The Morgan fingerprint density at radius 1 is 0.963 bits per heavy atom. The van der Waals surface area contributed by atoms with Crippen molar-refractivity contribution in [1.29, 1.82) is 0 Å². The van der Waals surface area contributed by atoms with Crippen LogP contribution in [0.3, 0.4) is 0 Å². The van der Waals surface area contributed by atoms with Gasteiger partial charge in [0.1, 0.15) is 0 Å². The van der Waals surface area contributed by atoms with E-state index in [-0.39, 0.29) is 11.5 Å². The Morgan fingerprint density at radius 2 is 1.74 bits per heavy atom. The van der Waals surface area contributed by atoms with E-state index >= 15 is 0 Å². The van der Waals surface area contributed by atoms with E-state index in [9.17, 15) is 9.59 Å². The zero-order valence-corrected chi connectivity index (χ0v) is 14.7. The Hall–Kier alpha value is -3.60. The van der Waals surface area contributed by atoms with Gasteiger partial charge in [0.25, 0.3) is 11.5 Å². The summed E-state index contributed by atoms with van der Waals surface area (Å²) in [5.74, 6) is -0.195. The highest BCUT2D eigenvalue weighted by Gasteiger charge is 2.09. The first-order chi connectivity index (χ1) is 13.2. The van der Waals surface area contributed by atoms with Crippen LogP contribution in [0.15, 0.2) is 83.9 Å². The molecule has 4 aromatic rings. The minimum atomic E-state index is -0.195. The summed E-state index contributed by atoms with van der Waals surface area (Å²) in [6, 6.07) is 20.3. The molecule has 0 spiro atoms. The summed E-state index contributed by atoms with van der Waals surface area (Å²) in [5.41, 5.74) is 3.28. The number of H-pyrrole nitrogens is 1. The first-order valence-corrected chi connectivity index (χ1v) is 8.84. The summed E-state index contributed by atoms with van der Waals surface area (Å²) >= 11 is 0. The number of para-hydroxylation sites is 2. The fourth-order valence-electron chi connectivity index (χ4n) is 3.16. The number of pyridine rings is 1. The number of hydrogen-bond donors (Lipinski definition) is 2. The van der Waals surface area contributed by atoms with Crippen molar-refractivity contribution < 1.29 is 4.79 Å². The molecule has 1 amide bonds. The molecule has 2 N–H and O–H groups in total. The third-order valence-corrected chi connectivity index (χ3v) is 4.56. The van der Waals surface area contributed by atoms with Crippen LogP contribution >= 0.6 is 0 Å². The molecule has 0 aliphatic heterocycles. The lowest BCUT2D eigenvalue weighted by molar-refractivity contribution is 0.0953. The maximum absolute atomic E-state index is 12.5. The van der Waals surface area contributed by atoms with Gasteiger partial charge >= 0.3 is 0 Å². The molecule has 0 aliphatic carbocycles. The molecule has 0 unspecified atom stereocenters. The average molecular weight is 357 g/mol. The predicted octanol–water partition coefficient (Wildman–Crippen LogP) is 3.29. The van der Waals surface area contributed by atoms with E-state index < -0.39 is 0 Å². The average Bonchev–Trinajstić information content (AvgIpc) is 3.12. The van der Waals surface area contributed by atoms with Crippen molar-refractivity contribution in [3.05, 3.63) is 101 Å². The minimum Gasteiger partial charge on any atom is -0.361 e. The molecule has 0 saturated carbocycles. The Morgan fingerprint density at radius 3 is 2.59 bits per heavy atom. The minimum absolute atomic E-state index is 0.170. The predicted molar refractivity (Wildman–Crippen MR) is 106 cm³/mol. The second kappa shape index (κ2) is 7.33. The third-order valence-electron chi connectivity index (χ3n) is 4.56. The van der Waals surface area contributed by atoms with Crippen LogP contribution < -0.4 is 10.9 Å². The van der Waals surface area contributed by atoms with E-state index in [2.05, 4.69) is 16.4 Å². The molecule has 2 aromatic heterocycles. The van der Waals surface area contributed by atoms with Gasteiger partial charge in [0.2, 0.25) is 0 Å². The normalized spacial score (nSPS) is 10.8. The van der Waals surface area contributed by atoms with Gasteiger partial charge in [-0.1, -0.05) is 36.4 Å². The van der Waals surface area contributed by atoms with Gasteiger partial charge in [-0.15, -0.1) is 0 Å². The first-order valence-electron chi connectivity index (χ1n) is 8.84. The number of fused-ring (bicyclic) bond motifs is 1. The molecule has 2 heterocycles. The molecule has 0 saturated heterocycles. The van der Waals surface area contributed by atoms with Crippen molar-refractivity contribution in [3.63, 3.8) is 0 Å². The lowest BCUT2D eigenvalue weighted by Gasteiger charge is -2.09. The van der Waals surface area contributed by atoms with Crippen LogP contribution in [0.5, 0.6) is 0 Å². The highest BCUT2D eigenvalue weighted by Crippen LogP contribution is 2.17. The maximum Gasteiger partial charge on any atom is 0.255 e. The summed E-state index contributed by atoms with van der Waals surface area (Å²) in [5, 5.41) is 4.10. The second-order valence-electron chi connectivity index (χ2n) is 6.33. The Balaban J connectivity index is 1.46. The zero-order chi connectivity index (χ0) is 18.6. The summed E-state index contributed by atoms with van der Waals surface area (Å²) in [4.78, 5) is 27.9. The number of hydrogen-bond acceptors (Lipinski definition) is 2. The number of amides is 1. The molecular formula is C22H19N3O2. The highest BCUT2D eigenvalue weighted by molar-refractivity contribution is 5.94. The number of carbonyl (C=O) groups is 1. The van der Waals surface area contributed by atoms with E-state index in [0.29, 0.717) is 12.1 Å². The Labute approximate surface area is 156 Å². The smallest absolute Gasteiger partial charge is 0.255 e. The Bertz CT molecular complexity index is 1140. The van der Waals surface area contributed by atoms with Crippen LogP contribution in [0.2, 0.25) is 0 Å². The van der Waals surface area contributed by atoms with Crippen LogP contribution in [-0.4, -0.2) is 22.0 Å². The number of rotatable bonds is 5. The molecule has 5 heteroatoms. The lowest BCUT2D eigenvalue weighted by Crippen LogP contribution is -2.27. The molecule has 0 fully saturated rings. The van der Waals surface area contributed by atoms with Gasteiger partial charge in [0, 0.05) is 41.6 Å². The topological polar surface area (TPSA) is 66.9 Å². The van der Waals surface area contributed by atoms with Crippen LogP contribution in [-0.2, 0) is 6.42 Å². The molecule has 5 nitrogen and oxygen atoms in total. The van der Waals surface area contributed by atoms with Crippen LogP contribution in [0, 0.1) is 0 Å². The van der Waals surface area contributed by atoms with E-state index in [4.69, 9.17) is 0 Å². The molecule has 0 atom stereocenters. The molecule has 27 heavy (non-hydrogen) atoms. The van der Waals surface area contributed by atoms with Gasteiger partial charge in [0.15, 0.2) is 0 Å². The molecule has 0 aliphatic rings. The molecule has 0 bridgehead atoms. The van der Waals surface area contributed by atoms with Crippen LogP contribution in [0.1, 0.15) is 15.9 Å². The maximum atomic E-state index is 12.5. The van der Waals surface area contributed by atoms with Gasteiger partial charge in [-0.2, -0.15) is 0 Å². The van der Waals surface area contributed by atoms with Gasteiger partial charge in [-0.25, -0.2) is 0 Å². The number of aromatic amines is 1. The van der Waals surface area contributed by atoms with Crippen LogP contribution in [0.4, 0.5) is 0 Å². The lowest BCUT2D eigenvalue weighted by atomic mass is 10.1. The molecule has 2 aromatic carbocycles. The van der Waals surface area contributed by atoms with Gasteiger partial charge in [0.05, 0.1) is 5.56 Å². The fourth-order valence-corrected chi connectivity index (χ4v) is 3.16. The monoisotopic (exact) mass is 357 g/mol. The summed E-state index contributed by atoms with van der Waals surface area (Å²) in [6.45, 7) is 0.519. The number of aromatic nitrogens is 2. The summed E-state index contributed by atoms with van der Waals surface area (Å²) in [6.07, 6.45) is 4.29. The van der Waals surface area contributed by atoms with E-state index in [1.54, 1.807) is 12.3 Å². The van der Waals surface area contributed by atoms with Crippen molar-refractivity contribution in [2.75, 3.05) is 6.54 Å². The molecule has 4 rings (SSSR count). The SMILES string of the molecule is O=C(NCCc1c[nH]c2ccccc12)c1ccc(=O)n(-c2ccccc2)c1. The van der Waals surface area contributed by atoms with E-state index in [0.717, 1.165) is 17.6 Å². The van der Waals surface area contributed by atoms with Crippen molar-refractivity contribution in [1.82, 2.24) is 14.9 Å². The largest absolute Gasteiger partial charge is 0.361 e. The van der Waals surface area contributed by atoms with Crippen molar-refractivity contribution in [3.8, 4) is 5.69 Å². The third kappa shape index (κ3) is 3.53. The van der Waals surface area contributed by atoms with Gasteiger partial charge < -0.3 is 10.3 Å². The molecule has 0 radical (unpaired) electrons. The standard InChI is InChI=1S/C22H19N3O2/c26-21-11-10-17(15-25(21)18-6-2-1-3-7-18)22(27)23-13-12-16-14-24-20-9-5-4-8-19(16)20/h1-11,14-15,24H,12-13H2,(H,23,27). The number of nitrogens with one attached hydrogen (secondary N) is 2. The van der Waals surface area contributed by atoms with E-state index in [1.807, 2.05) is 54.7 Å². The first kappa shape index (κ1) is 16.8. The van der Waals surface area contributed by atoms with Crippen molar-refractivity contribution in [2.45, 2.75) is 6.42 Å². The van der Waals surface area contributed by atoms with Gasteiger partial charge in [-0.05, 0) is 36.2 Å². The Kier molecular flexibility index (Phi) is 4.58. The summed E-state index contributed by atoms with van der Waals surface area (Å²) < 4.78 is 1.48. The fraction of sp³-hybridized carbons (Fsp3) is 0.0909. The molecular weight excluding hydrogens is 338 g/mol. The number of benzene rings is 2. The van der Waals surface area contributed by atoms with E-state index in [1.165, 1.54) is 21.6 Å². The summed E-state index contributed by atoms with van der Waals surface area (Å²) in [7, 11) is 0. The second-order valence-corrected chi connectivity index (χ2v) is 6.33. The zero-order valence-electron chi connectivity index (χ0n) is 14.7. The van der Waals surface area contributed by atoms with Crippen molar-refractivity contribution >= 4 is 16.8 Å². The number of nitrogens with zero attached hydrogens (tertiary/aromatic N) is 1. The highest BCUT2D eigenvalue weighted by atomic mass is 16.2. The molecule has 134 valence electrons. The van der Waals surface area contributed by atoms with Crippen LogP contribution in [0.25, 0.3) is 16.6 Å². The van der Waals surface area contributed by atoms with Crippen molar-refractivity contribution in [2.24, 2.45) is 0 Å². The quantitative estimate of drug-likeness (QED) is 0.576. The van der Waals surface area contributed by atoms with Gasteiger partial charge in [-0.3, -0.25) is 14.2 Å².